The fraction of sp³-hybridized carbons (Fsp3) is 0.143. The third-order valence-corrected chi connectivity index (χ3v) is 3.40. The maximum Gasteiger partial charge on any atom is 0.119 e. The second-order valence-electron chi connectivity index (χ2n) is 3.81. The Hall–Kier alpha value is -1.18. The fourth-order valence-electron chi connectivity index (χ4n) is 1.66. The Labute approximate surface area is 111 Å². The molecule has 2 aromatic carbocycles. The van der Waals surface area contributed by atoms with Crippen LogP contribution in [0.3, 0.4) is 0 Å². The van der Waals surface area contributed by atoms with Gasteiger partial charge in [-0.15, -0.1) is 0 Å². The summed E-state index contributed by atoms with van der Waals surface area (Å²) in [6.07, 6.45) is 0. The van der Waals surface area contributed by atoms with Gasteiger partial charge in [0.1, 0.15) is 5.75 Å². The van der Waals surface area contributed by atoms with Crippen molar-refractivity contribution in [2.45, 2.75) is 6.92 Å². The third-order valence-electron chi connectivity index (χ3n) is 2.64. The summed E-state index contributed by atoms with van der Waals surface area (Å²) < 4.78 is 5.20. The maximum absolute atomic E-state index is 6.19. The number of halogens is 2. The van der Waals surface area contributed by atoms with Crippen molar-refractivity contribution in [2.75, 3.05) is 7.11 Å². The molecule has 0 radical (unpaired) electrons. The lowest BCUT2D eigenvalue weighted by molar-refractivity contribution is 0.415. The van der Waals surface area contributed by atoms with Crippen LogP contribution in [0.1, 0.15) is 5.56 Å². The highest BCUT2D eigenvalue weighted by atomic mass is 35.5. The second kappa shape index (κ2) is 4.99. The fourth-order valence-corrected chi connectivity index (χ4v) is 2.01. The number of methoxy groups -OCH3 is 1. The standard InChI is InChI=1S/C14H12Cl2O/c1-9-7-10(3-5-13(9)15)12-8-11(17-2)4-6-14(12)16/h3-8H,1-2H3. The van der Waals surface area contributed by atoms with E-state index >= 15 is 0 Å². The van der Waals surface area contributed by atoms with Crippen molar-refractivity contribution in [2.24, 2.45) is 0 Å². The van der Waals surface area contributed by atoms with E-state index in [0.717, 1.165) is 27.5 Å². The molecule has 0 unspecified atom stereocenters. The minimum Gasteiger partial charge on any atom is -0.497 e. The summed E-state index contributed by atoms with van der Waals surface area (Å²) in [5, 5.41) is 1.46. The predicted octanol–water partition coefficient (Wildman–Crippen LogP) is 4.98. The first kappa shape index (κ1) is 12.3. The van der Waals surface area contributed by atoms with Crippen molar-refractivity contribution in [3.05, 3.63) is 52.0 Å². The average molecular weight is 267 g/mol. The van der Waals surface area contributed by atoms with Crippen LogP contribution >= 0.6 is 23.2 Å². The first-order valence-corrected chi connectivity index (χ1v) is 5.97. The molecule has 0 bridgehead atoms. The lowest BCUT2D eigenvalue weighted by Crippen LogP contribution is -1.86. The minimum atomic E-state index is 0.701. The zero-order valence-electron chi connectivity index (χ0n) is 9.63. The molecule has 0 saturated carbocycles. The normalized spacial score (nSPS) is 10.4. The van der Waals surface area contributed by atoms with Crippen LogP contribution in [-0.2, 0) is 0 Å². The summed E-state index contributed by atoms with van der Waals surface area (Å²) in [5.74, 6) is 0.789. The van der Waals surface area contributed by atoms with E-state index in [2.05, 4.69) is 0 Å². The molecule has 0 aromatic heterocycles. The van der Waals surface area contributed by atoms with Gasteiger partial charge in [-0.1, -0.05) is 29.3 Å². The Morgan fingerprint density at radius 1 is 0.941 bits per heavy atom. The summed E-state index contributed by atoms with van der Waals surface area (Å²) >= 11 is 12.2. The maximum atomic E-state index is 6.19. The number of hydrogen-bond donors (Lipinski definition) is 0. The molecule has 0 amide bonds. The zero-order chi connectivity index (χ0) is 12.4. The molecular formula is C14H12Cl2O. The highest BCUT2D eigenvalue weighted by Crippen LogP contribution is 2.33. The van der Waals surface area contributed by atoms with Crippen molar-refractivity contribution >= 4 is 23.2 Å². The van der Waals surface area contributed by atoms with Crippen LogP contribution in [0.2, 0.25) is 10.0 Å². The molecule has 0 aliphatic carbocycles. The highest BCUT2D eigenvalue weighted by molar-refractivity contribution is 6.33. The molecule has 0 saturated heterocycles. The molecule has 0 aliphatic rings. The van der Waals surface area contributed by atoms with E-state index < -0.39 is 0 Å². The summed E-state index contributed by atoms with van der Waals surface area (Å²) in [4.78, 5) is 0. The van der Waals surface area contributed by atoms with E-state index in [4.69, 9.17) is 27.9 Å². The molecule has 0 atom stereocenters. The van der Waals surface area contributed by atoms with Crippen LogP contribution in [0, 0.1) is 6.92 Å². The van der Waals surface area contributed by atoms with Gasteiger partial charge in [-0.2, -0.15) is 0 Å². The Kier molecular flexibility index (Phi) is 3.60. The summed E-state index contributed by atoms with van der Waals surface area (Å²) in [5.41, 5.74) is 3.02. The second-order valence-corrected chi connectivity index (χ2v) is 4.62. The van der Waals surface area contributed by atoms with E-state index in [1.54, 1.807) is 7.11 Å². The Balaban J connectivity index is 2.55. The Morgan fingerprint density at radius 2 is 1.65 bits per heavy atom. The Bertz CT molecular complexity index is 550. The van der Waals surface area contributed by atoms with Gasteiger partial charge in [-0.25, -0.2) is 0 Å². The summed E-state index contributed by atoms with van der Waals surface area (Å²) in [6, 6.07) is 11.4. The van der Waals surface area contributed by atoms with Crippen LogP contribution in [-0.4, -0.2) is 7.11 Å². The number of benzene rings is 2. The molecule has 0 aliphatic heterocycles. The van der Waals surface area contributed by atoms with Gasteiger partial charge < -0.3 is 4.74 Å². The van der Waals surface area contributed by atoms with Crippen LogP contribution in [0.4, 0.5) is 0 Å². The molecule has 1 nitrogen and oxygen atoms in total. The topological polar surface area (TPSA) is 9.23 Å². The lowest BCUT2D eigenvalue weighted by atomic mass is 10.0. The van der Waals surface area contributed by atoms with Gasteiger partial charge in [-0.05, 0) is 48.4 Å². The molecule has 0 fully saturated rings. The van der Waals surface area contributed by atoms with E-state index in [-0.39, 0.29) is 0 Å². The van der Waals surface area contributed by atoms with Gasteiger partial charge in [0.15, 0.2) is 0 Å². The van der Waals surface area contributed by atoms with Crippen LogP contribution in [0.15, 0.2) is 36.4 Å². The molecule has 0 N–H and O–H groups in total. The van der Waals surface area contributed by atoms with E-state index in [1.165, 1.54) is 0 Å². The van der Waals surface area contributed by atoms with Gasteiger partial charge in [-0.3, -0.25) is 0 Å². The molecule has 2 aromatic rings. The smallest absolute Gasteiger partial charge is 0.119 e. The molecule has 17 heavy (non-hydrogen) atoms. The van der Waals surface area contributed by atoms with Crippen molar-refractivity contribution in [1.82, 2.24) is 0 Å². The molecule has 2 rings (SSSR count). The van der Waals surface area contributed by atoms with Gasteiger partial charge in [0.25, 0.3) is 0 Å². The van der Waals surface area contributed by atoms with Crippen LogP contribution < -0.4 is 4.74 Å². The number of rotatable bonds is 2. The Morgan fingerprint density at radius 3 is 2.29 bits per heavy atom. The highest BCUT2D eigenvalue weighted by Gasteiger charge is 2.06. The number of ether oxygens (including phenoxy) is 1. The lowest BCUT2D eigenvalue weighted by Gasteiger charge is -2.08. The SMILES string of the molecule is COc1ccc(Cl)c(-c2ccc(Cl)c(C)c2)c1. The largest absolute Gasteiger partial charge is 0.497 e. The van der Waals surface area contributed by atoms with Gasteiger partial charge in [0.05, 0.1) is 7.11 Å². The first-order valence-electron chi connectivity index (χ1n) is 5.22. The molecule has 0 spiro atoms. The molecule has 3 heteroatoms. The predicted molar refractivity (Wildman–Crippen MR) is 73.2 cm³/mol. The van der Waals surface area contributed by atoms with Crippen molar-refractivity contribution in [1.29, 1.82) is 0 Å². The van der Waals surface area contributed by atoms with E-state index in [1.807, 2.05) is 43.3 Å². The quantitative estimate of drug-likeness (QED) is 0.745. The van der Waals surface area contributed by atoms with E-state index in [0.29, 0.717) is 5.02 Å². The molecular weight excluding hydrogens is 255 g/mol. The summed E-state index contributed by atoms with van der Waals surface area (Å²) in [7, 11) is 1.64. The van der Waals surface area contributed by atoms with Gasteiger partial charge >= 0.3 is 0 Å². The van der Waals surface area contributed by atoms with Gasteiger partial charge in [0, 0.05) is 15.6 Å². The van der Waals surface area contributed by atoms with Crippen molar-refractivity contribution < 1.29 is 4.74 Å². The third kappa shape index (κ3) is 2.56. The van der Waals surface area contributed by atoms with Crippen LogP contribution in [0.5, 0.6) is 5.75 Å². The number of aryl methyl sites for hydroxylation is 1. The summed E-state index contributed by atoms with van der Waals surface area (Å²) in [6.45, 7) is 1.97. The molecule has 0 heterocycles. The average Bonchev–Trinajstić information content (AvgIpc) is 2.33. The van der Waals surface area contributed by atoms with Crippen molar-refractivity contribution in [3.8, 4) is 16.9 Å². The van der Waals surface area contributed by atoms with Crippen LogP contribution in [0.25, 0.3) is 11.1 Å². The zero-order valence-corrected chi connectivity index (χ0v) is 11.1. The minimum absolute atomic E-state index is 0.701. The van der Waals surface area contributed by atoms with E-state index in [9.17, 15) is 0 Å². The monoisotopic (exact) mass is 266 g/mol. The van der Waals surface area contributed by atoms with Crippen molar-refractivity contribution in [3.63, 3.8) is 0 Å². The van der Waals surface area contributed by atoms with Gasteiger partial charge in [0.2, 0.25) is 0 Å². The number of hydrogen-bond acceptors (Lipinski definition) is 1. The first-order chi connectivity index (χ1) is 8.11. The molecule has 88 valence electrons.